The summed E-state index contributed by atoms with van der Waals surface area (Å²) in [5.74, 6) is -0.271. The molecular formula is C18H21N5O3. The number of rotatable bonds is 3. The molecule has 0 aliphatic rings. The van der Waals surface area contributed by atoms with Crippen LogP contribution in [0.1, 0.15) is 24.1 Å². The van der Waals surface area contributed by atoms with Gasteiger partial charge in [-0.3, -0.25) is 18.7 Å². The average Bonchev–Trinajstić information content (AvgIpc) is 3.04. The Bertz CT molecular complexity index is 1140. The van der Waals surface area contributed by atoms with E-state index in [1.807, 2.05) is 32.0 Å². The zero-order valence-electron chi connectivity index (χ0n) is 15.4. The van der Waals surface area contributed by atoms with Crippen LogP contribution in [0.3, 0.4) is 0 Å². The number of carbonyl (C=O) groups is 1. The van der Waals surface area contributed by atoms with Gasteiger partial charge in [-0.2, -0.15) is 0 Å². The van der Waals surface area contributed by atoms with Crippen molar-refractivity contribution in [3.05, 3.63) is 56.5 Å². The van der Waals surface area contributed by atoms with Crippen LogP contribution in [0, 0.1) is 13.8 Å². The quantitative estimate of drug-likeness (QED) is 0.765. The number of carbonyl (C=O) groups excluding carboxylic acids is 1. The predicted molar refractivity (Wildman–Crippen MR) is 99.5 cm³/mol. The number of anilines is 1. The van der Waals surface area contributed by atoms with Crippen molar-refractivity contribution in [1.29, 1.82) is 0 Å². The molecule has 3 rings (SSSR count). The first kappa shape index (κ1) is 17.7. The van der Waals surface area contributed by atoms with Gasteiger partial charge < -0.3 is 9.88 Å². The molecule has 0 saturated heterocycles. The monoisotopic (exact) mass is 355 g/mol. The molecule has 0 radical (unpaired) electrons. The van der Waals surface area contributed by atoms with E-state index in [0.717, 1.165) is 21.4 Å². The third-order valence-electron chi connectivity index (χ3n) is 4.61. The second-order valence-electron chi connectivity index (χ2n) is 6.51. The minimum absolute atomic E-state index is 0.220. The molecule has 0 bridgehead atoms. The number of aromatic nitrogens is 4. The van der Waals surface area contributed by atoms with E-state index in [9.17, 15) is 14.4 Å². The van der Waals surface area contributed by atoms with E-state index in [0.29, 0.717) is 0 Å². The topological polar surface area (TPSA) is 90.9 Å². The van der Waals surface area contributed by atoms with Gasteiger partial charge >= 0.3 is 5.69 Å². The van der Waals surface area contributed by atoms with Crippen molar-refractivity contribution in [1.82, 2.24) is 18.7 Å². The lowest BCUT2D eigenvalue weighted by atomic mass is 10.1. The summed E-state index contributed by atoms with van der Waals surface area (Å²) in [4.78, 5) is 41.4. The van der Waals surface area contributed by atoms with E-state index < -0.39 is 17.3 Å². The van der Waals surface area contributed by atoms with Crippen LogP contribution in [0.15, 0.2) is 34.1 Å². The van der Waals surface area contributed by atoms with Crippen molar-refractivity contribution in [2.75, 3.05) is 5.32 Å². The lowest BCUT2D eigenvalue weighted by Gasteiger charge is -2.16. The number of benzene rings is 1. The fourth-order valence-electron chi connectivity index (χ4n) is 2.98. The molecule has 3 aromatic rings. The SMILES string of the molecule is Cc1ccc(NC(=O)C(C)n2cnc3c2c(=O)n(C)c(=O)n3C)c(C)c1. The molecule has 26 heavy (non-hydrogen) atoms. The fourth-order valence-corrected chi connectivity index (χ4v) is 2.98. The summed E-state index contributed by atoms with van der Waals surface area (Å²) in [7, 11) is 2.95. The van der Waals surface area contributed by atoms with Crippen molar-refractivity contribution in [3.8, 4) is 0 Å². The molecule has 2 aromatic heterocycles. The summed E-state index contributed by atoms with van der Waals surface area (Å²) >= 11 is 0. The van der Waals surface area contributed by atoms with Gasteiger partial charge in [-0.05, 0) is 32.4 Å². The first-order valence-electron chi connectivity index (χ1n) is 8.23. The van der Waals surface area contributed by atoms with Gasteiger partial charge in [0.2, 0.25) is 5.91 Å². The second kappa shape index (κ2) is 6.29. The molecule has 0 aliphatic carbocycles. The molecule has 2 heterocycles. The Kier molecular flexibility index (Phi) is 4.27. The molecule has 1 atom stereocenters. The van der Waals surface area contributed by atoms with Crippen LogP contribution in [-0.4, -0.2) is 24.6 Å². The number of aryl methyl sites for hydroxylation is 3. The number of imidazole rings is 1. The Balaban J connectivity index is 2.02. The Morgan fingerprint density at radius 3 is 2.50 bits per heavy atom. The number of nitrogens with one attached hydrogen (secondary N) is 1. The van der Waals surface area contributed by atoms with Crippen LogP contribution in [0.2, 0.25) is 0 Å². The van der Waals surface area contributed by atoms with E-state index in [1.54, 1.807) is 14.0 Å². The molecule has 0 saturated carbocycles. The van der Waals surface area contributed by atoms with Gasteiger partial charge in [-0.15, -0.1) is 0 Å². The van der Waals surface area contributed by atoms with Crippen LogP contribution in [0.5, 0.6) is 0 Å². The maximum absolute atomic E-state index is 12.7. The van der Waals surface area contributed by atoms with Crippen molar-refractivity contribution in [3.63, 3.8) is 0 Å². The Hall–Kier alpha value is -3.16. The maximum atomic E-state index is 12.7. The third-order valence-corrected chi connectivity index (χ3v) is 4.61. The van der Waals surface area contributed by atoms with Crippen molar-refractivity contribution < 1.29 is 4.79 Å². The number of fused-ring (bicyclic) bond motifs is 1. The first-order valence-corrected chi connectivity index (χ1v) is 8.23. The predicted octanol–water partition coefficient (Wildman–Crippen LogP) is 1.25. The lowest BCUT2D eigenvalue weighted by Crippen LogP contribution is -2.38. The standard InChI is InChI=1S/C18H21N5O3/c1-10-6-7-13(11(2)8-10)20-16(24)12(3)23-9-19-15-14(23)17(25)22(5)18(26)21(15)4/h6-9,12H,1-5H3,(H,20,24). The minimum Gasteiger partial charge on any atom is -0.324 e. The summed E-state index contributed by atoms with van der Waals surface area (Å²) in [6, 6.07) is 5.08. The van der Waals surface area contributed by atoms with Crippen molar-refractivity contribution in [2.45, 2.75) is 26.8 Å². The molecule has 8 nitrogen and oxygen atoms in total. The number of amides is 1. The number of hydrogen-bond donors (Lipinski definition) is 1. The van der Waals surface area contributed by atoms with Gasteiger partial charge in [-0.25, -0.2) is 9.78 Å². The molecule has 0 aliphatic heterocycles. The van der Waals surface area contributed by atoms with Gasteiger partial charge in [-0.1, -0.05) is 17.7 Å². The van der Waals surface area contributed by atoms with E-state index in [4.69, 9.17) is 0 Å². The average molecular weight is 355 g/mol. The van der Waals surface area contributed by atoms with Gasteiger partial charge in [0, 0.05) is 19.8 Å². The molecule has 1 N–H and O–H groups in total. The summed E-state index contributed by atoms with van der Waals surface area (Å²) in [6.07, 6.45) is 1.41. The highest BCUT2D eigenvalue weighted by Gasteiger charge is 2.22. The lowest BCUT2D eigenvalue weighted by molar-refractivity contribution is -0.118. The highest BCUT2D eigenvalue weighted by Crippen LogP contribution is 2.19. The second-order valence-corrected chi connectivity index (χ2v) is 6.51. The van der Waals surface area contributed by atoms with Gasteiger partial charge in [0.1, 0.15) is 6.04 Å². The highest BCUT2D eigenvalue weighted by atomic mass is 16.2. The van der Waals surface area contributed by atoms with Crippen LogP contribution in [-0.2, 0) is 18.9 Å². The smallest absolute Gasteiger partial charge is 0.324 e. The van der Waals surface area contributed by atoms with E-state index >= 15 is 0 Å². The minimum atomic E-state index is -0.675. The summed E-state index contributed by atoms with van der Waals surface area (Å²) in [6.45, 7) is 5.59. The zero-order valence-corrected chi connectivity index (χ0v) is 15.4. The van der Waals surface area contributed by atoms with Crippen molar-refractivity contribution in [2.24, 2.45) is 14.1 Å². The van der Waals surface area contributed by atoms with Crippen molar-refractivity contribution >= 4 is 22.8 Å². The van der Waals surface area contributed by atoms with E-state index in [2.05, 4.69) is 10.3 Å². The van der Waals surface area contributed by atoms with Gasteiger partial charge in [0.25, 0.3) is 5.56 Å². The zero-order chi connectivity index (χ0) is 19.2. The summed E-state index contributed by atoms with van der Waals surface area (Å²) in [5.41, 5.74) is 2.32. The molecular weight excluding hydrogens is 334 g/mol. The van der Waals surface area contributed by atoms with Gasteiger partial charge in [0.15, 0.2) is 11.2 Å². The largest absolute Gasteiger partial charge is 0.332 e. The fraction of sp³-hybridized carbons (Fsp3) is 0.333. The van der Waals surface area contributed by atoms with Gasteiger partial charge in [0.05, 0.1) is 6.33 Å². The van der Waals surface area contributed by atoms with Crippen LogP contribution in [0.25, 0.3) is 11.2 Å². The Morgan fingerprint density at radius 1 is 1.15 bits per heavy atom. The first-order chi connectivity index (χ1) is 12.2. The molecule has 0 spiro atoms. The number of hydrogen-bond acceptors (Lipinski definition) is 4. The molecule has 8 heteroatoms. The summed E-state index contributed by atoms with van der Waals surface area (Å²) < 4.78 is 3.80. The number of nitrogens with zero attached hydrogens (tertiary/aromatic N) is 4. The molecule has 1 aromatic carbocycles. The van der Waals surface area contributed by atoms with Crippen LogP contribution in [0.4, 0.5) is 5.69 Å². The third kappa shape index (κ3) is 2.73. The van der Waals surface area contributed by atoms with Crippen LogP contribution >= 0.6 is 0 Å². The van der Waals surface area contributed by atoms with E-state index in [1.165, 1.54) is 22.5 Å². The molecule has 1 unspecified atom stereocenters. The maximum Gasteiger partial charge on any atom is 0.332 e. The molecule has 1 amide bonds. The summed E-state index contributed by atoms with van der Waals surface area (Å²) in [5, 5.41) is 2.89. The molecule has 0 fully saturated rings. The van der Waals surface area contributed by atoms with E-state index in [-0.39, 0.29) is 17.1 Å². The Labute approximate surface area is 149 Å². The van der Waals surface area contributed by atoms with Crippen LogP contribution < -0.4 is 16.6 Å². The normalized spacial score (nSPS) is 12.3. The highest BCUT2D eigenvalue weighted by molar-refractivity contribution is 5.95. The Morgan fingerprint density at radius 2 is 1.85 bits per heavy atom. The molecule has 136 valence electrons.